The van der Waals surface area contributed by atoms with Crippen LogP contribution < -0.4 is 0 Å². The Hall–Kier alpha value is -1.98. The summed E-state index contributed by atoms with van der Waals surface area (Å²) in [6.45, 7) is 4.35. The van der Waals surface area contributed by atoms with Crippen LogP contribution in [0.15, 0.2) is 58.8 Å². The van der Waals surface area contributed by atoms with Crippen LogP contribution >= 0.6 is 11.3 Å². The fourth-order valence-electron chi connectivity index (χ4n) is 2.42. The third-order valence-electron chi connectivity index (χ3n) is 3.91. The molecule has 124 valence electrons. The molecular formula is C19H19NO2S2. The highest BCUT2D eigenvalue weighted by Crippen LogP contribution is 2.30. The summed E-state index contributed by atoms with van der Waals surface area (Å²) in [5, 5.41) is 2.97. The summed E-state index contributed by atoms with van der Waals surface area (Å²) in [6, 6.07) is 15.3. The van der Waals surface area contributed by atoms with Gasteiger partial charge in [-0.3, -0.25) is 0 Å². The molecule has 0 aliphatic carbocycles. The zero-order valence-electron chi connectivity index (χ0n) is 13.9. The number of rotatable bonds is 4. The first-order valence-corrected chi connectivity index (χ1v) is 10.5. The molecule has 0 bridgehead atoms. The topological polar surface area (TPSA) is 47.0 Å². The van der Waals surface area contributed by atoms with E-state index in [0.29, 0.717) is 10.8 Å². The number of hydrogen-bond acceptors (Lipinski definition) is 4. The van der Waals surface area contributed by atoms with Gasteiger partial charge in [-0.05, 0) is 23.6 Å². The lowest BCUT2D eigenvalue weighted by Crippen LogP contribution is -1.96. The van der Waals surface area contributed by atoms with Gasteiger partial charge in [0.2, 0.25) is 0 Å². The molecule has 0 radical (unpaired) electrons. The fourth-order valence-corrected chi connectivity index (χ4v) is 3.89. The second-order valence-corrected chi connectivity index (χ2v) is 8.98. The molecule has 1 heterocycles. The van der Waals surface area contributed by atoms with Gasteiger partial charge >= 0.3 is 0 Å². The van der Waals surface area contributed by atoms with Crippen LogP contribution in [-0.4, -0.2) is 19.7 Å². The maximum atomic E-state index is 11.5. The van der Waals surface area contributed by atoms with E-state index in [1.165, 1.54) is 11.8 Å². The molecule has 0 spiro atoms. The molecule has 0 fully saturated rings. The lowest BCUT2D eigenvalue weighted by molar-refractivity contribution is 0.602. The van der Waals surface area contributed by atoms with Crippen LogP contribution in [0.1, 0.15) is 25.3 Å². The van der Waals surface area contributed by atoms with Crippen molar-refractivity contribution in [3.8, 4) is 21.8 Å². The molecule has 24 heavy (non-hydrogen) atoms. The minimum atomic E-state index is -3.17. The van der Waals surface area contributed by atoms with Crippen molar-refractivity contribution in [3.05, 3.63) is 59.5 Å². The highest BCUT2D eigenvalue weighted by atomic mass is 32.2. The van der Waals surface area contributed by atoms with Gasteiger partial charge in [-0.2, -0.15) is 0 Å². The average molecular weight is 358 g/mol. The molecule has 0 unspecified atom stereocenters. The van der Waals surface area contributed by atoms with Crippen molar-refractivity contribution in [2.45, 2.75) is 24.7 Å². The van der Waals surface area contributed by atoms with Crippen LogP contribution in [-0.2, 0) is 9.84 Å². The minimum Gasteiger partial charge on any atom is -0.236 e. The normalized spacial score (nSPS) is 11.8. The Morgan fingerprint density at radius 2 is 1.50 bits per heavy atom. The van der Waals surface area contributed by atoms with Crippen LogP contribution in [0.3, 0.4) is 0 Å². The lowest BCUT2D eigenvalue weighted by atomic mass is 10.0. The van der Waals surface area contributed by atoms with E-state index < -0.39 is 9.84 Å². The highest BCUT2D eigenvalue weighted by molar-refractivity contribution is 7.90. The van der Waals surface area contributed by atoms with Gasteiger partial charge in [0, 0.05) is 22.8 Å². The molecule has 5 heteroatoms. The van der Waals surface area contributed by atoms with Gasteiger partial charge in [0.15, 0.2) is 9.84 Å². The van der Waals surface area contributed by atoms with E-state index in [2.05, 4.69) is 43.1 Å². The van der Waals surface area contributed by atoms with Gasteiger partial charge in [0.1, 0.15) is 5.01 Å². The van der Waals surface area contributed by atoms with Gasteiger partial charge in [0.05, 0.1) is 10.6 Å². The molecule has 2 aromatic carbocycles. The first-order valence-electron chi connectivity index (χ1n) is 7.71. The van der Waals surface area contributed by atoms with Gasteiger partial charge in [-0.1, -0.05) is 50.2 Å². The van der Waals surface area contributed by atoms with E-state index in [1.54, 1.807) is 35.6 Å². The van der Waals surface area contributed by atoms with Crippen molar-refractivity contribution >= 4 is 21.2 Å². The van der Waals surface area contributed by atoms with Crippen molar-refractivity contribution in [1.82, 2.24) is 4.98 Å². The Kier molecular flexibility index (Phi) is 4.56. The Balaban J connectivity index is 1.87. The number of aromatic nitrogens is 1. The quantitative estimate of drug-likeness (QED) is 0.660. The minimum absolute atomic E-state index is 0.325. The molecule has 0 atom stereocenters. The Labute approximate surface area is 146 Å². The van der Waals surface area contributed by atoms with Crippen molar-refractivity contribution in [2.24, 2.45) is 0 Å². The predicted octanol–water partition coefficient (Wildman–Crippen LogP) is 5.00. The van der Waals surface area contributed by atoms with E-state index in [-0.39, 0.29) is 0 Å². The van der Waals surface area contributed by atoms with Crippen molar-refractivity contribution in [2.75, 3.05) is 6.26 Å². The maximum Gasteiger partial charge on any atom is 0.175 e. The summed E-state index contributed by atoms with van der Waals surface area (Å²) in [4.78, 5) is 5.01. The van der Waals surface area contributed by atoms with Crippen LogP contribution in [0, 0.1) is 0 Å². The summed E-state index contributed by atoms with van der Waals surface area (Å²) in [5.74, 6) is 0.513. The highest BCUT2D eigenvalue weighted by Gasteiger charge is 2.10. The van der Waals surface area contributed by atoms with Gasteiger partial charge in [-0.15, -0.1) is 11.3 Å². The average Bonchev–Trinajstić information content (AvgIpc) is 3.04. The number of nitrogens with zero attached hydrogens (tertiary/aromatic N) is 1. The summed E-state index contributed by atoms with van der Waals surface area (Å²) in [7, 11) is -3.17. The lowest BCUT2D eigenvalue weighted by Gasteiger charge is -2.05. The van der Waals surface area contributed by atoms with Gasteiger partial charge in [0.25, 0.3) is 0 Å². The monoisotopic (exact) mass is 357 g/mol. The van der Waals surface area contributed by atoms with Crippen LogP contribution in [0.2, 0.25) is 0 Å². The molecule has 0 N–H and O–H groups in total. The van der Waals surface area contributed by atoms with Crippen LogP contribution in [0.4, 0.5) is 0 Å². The molecular weight excluding hydrogens is 338 g/mol. The summed E-state index contributed by atoms with van der Waals surface area (Å²) in [6.07, 6.45) is 1.21. The van der Waals surface area contributed by atoms with Crippen molar-refractivity contribution in [3.63, 3.8) is 0 Å². The fraction of sp³-hybridized carbons (Fsp3) is 0.211. The third-order valence-corrected chi connectivity index (χ3v) is 5.93. The molecule has 3 nitrogen and oxygen atoms in total. The third kappa shape index (κ3) is 3.57. The Morgan fingerprint density at radius 3 is 2.04 bits per heavy atom. The summed E-state index contributed by atoms with van der Waals surface area (Å²) >= 11 is 1.59. The molecule has 0 aliphatic heterocycles. The van der Waals surface area contributed by atoms with E-state index in [0.717, 1.165) is 21.8 Å². The second-order valence-electron chi connectivity index (χ2n) is 6.11. The van der Waals surface area contributed by atoms with E-state index in [4.69, 9.17) is 0 Å². The molecule has 0 saturated carbocycles. The Morgan fingerprint density at radius 1 is 0.917 bits per heavy atom. The van der Waals surface area contributed by atoms with Gasteiger partial charge in [-0.25, -0.2) is 13.4 Å². The smallest absolute Gasteiger partial charge is 0.175 e. The van der Waals surface area contributed by atoms with E-state index in [9.17, 15) is 8.42 Å². The number of sulfone groups is 1. The van der Waals surface area contributed by atoms with Crippen molar-refractivity contribution in [1.29, 1.82) is 0 Å². The van der Waals surface area contributed by atoms with Crippen LogP contribution in [0.5, 0.6) is 0 Å². The van der Waals surface area contributed by atoms with E-state index in [1.807, 2.05) is 5.38 Å². The standard InChI is InChI=1S/C19H19NO2S2/c1-13(2)14-4-6-16(7-5-14)19-20-18(12-23-19)15-8-10-17(11-9-15)24(3,21)22/h4-13H,1-3H3. The van der Waals surface area contributed by atoms with Crippen molar-refractivity contribution < 1.29 is 8.42 Å². The molecule has 0 aliphatic rings. The SMILES string of the molecule is CC(C)c1ccc(-c2nc(-c3ccc(S(C)(=O)=O)cc3)cs2)cc1. The molecule has 1 aromatic heterocycles. The summed E-state index contributed by atoms with van der Waals surface area (Å²) < 4.78 is 23.1. The zero-order chi connectivity index (χ0) is 17.3. The first-order chi connectivity index (χ1) is 11.3. The second kappa shape index (κ2) is 6.49. The molecule has 3 rings (SSSR count). The first kappa shape index (κ1) is 16.9. The Bertz CT molecular complexity index is 938. The maximum absolute atomic E-state index is 11.5. The molecule has 0 amide bonds. The molecule has 0 saturated heterocycles. The number of benzene rings is 2. The van der Waals surface area contributed by atoms with Gasteiger partial charge < -0.3 is 0 Å². The largest absolute Gasteiger partial charge is 0.236 e. The zero-order valence-corrected chi connectivity index (χ0v) is 15.5. The van der Waals surface area contributed by atoms with E-state index >= 15 is 0 Å². The summed E-state index contributed by atoms with van der Waals surface area (Å²) in [5.41, 5.74) is 4.20. The number of hydrogen-bond donors (Lipinski definition) is 0. The van der Waals surface area contributed by atoms with Crippen LogP contribution in [0.25, 0.3) is 21.8 Å². The number of thiazole rings is 1. The predicted molar refractivity (Wildman–Crippen MR) is 100 cm³/mol. The molecule has 3 aromatic rings.